The van der Waals surface area contributed by atoms with Crippen LogP contribution in [0.4, 0.5) is 0 Å². The zero-order valence-electron chi connectivity index (χ0n) is 19.4. The molecule has 0 aromatic heterocycles. The molecule has 0 saturated heterocycles. The first kappa shape index (κ1) is 25.7. The van der Waals surface area contributed by atoms with Crippen LogP contribution in [0.25, 0.3) is 0 Å². The van der Waals surface area contributed by atoms with Crippen molar-refractivity contribution in [2.24, 2.45) is 0 Å². The predicted molar refractivity (Wildman–Crippen MR) is 110 cm³/mol. The van der Waals surface area contributed by atoms with Crippen LogP contribution >= 0.6 is 0 Å². The Morgan fingerprint density at radius 1 is 0.440 bits per heavy atom. The third-order valence-corrected chi connectivity index (χ3v) is 28.4. The third-order valence-electron chi connectivity index (χ3n) is 5.40. The monoisotopic (exact) mass is 524 g/mol. The second kappa shape index (κ2) is 11.5. The zero-order chi connectivity index (χ0) is 19.9. The molecule has 0 aromatic carbocycles. The molecule has 4 nitrogen and oxygen atoms in total. The first-order valence-electron chi connectivity index (χ1n) is 10.6. The van der Waals surface area contributed by atoms with Crippen LogP contribution in [0, 0.1) is 0 Å². The van der Waals surface area contributed by atoms with Gasteiger partial charge in [-0.15, -0.1) is 0 Å². The quantitative estimate of drug-likeness (QED) is 0.344. The van der Waals surface area contributed by atoms with Gasteiger partial charge in [-0.2, -0.15) is 0 Å². The SMILES string of the molecule is CC[N](C(C)C)[Hf]([N](CC)C(C)C)([N](CC)C(C)C)[N](CC)C(C)C. The van der Waals surface area contributed by atoms with Gasteiger partial charge in [-0.05, 0) is 0 Å². The van der Waals surface area contributed by atoms with E-state index in [1.807, 2.05) is 0 Å². The van der Waals surface area contributed by atoms with E-state index in [0.29, 0.717) is 24.2 Å². The molecular formula is C20H48HfN4. The van der Waals surface area contributed by atoms with Crippen LogP contribution in [-0.2, 0) is 21.1 Å². The van der Waals surface area contributed by atoms with Crippen molar-refractivity contribution in [3.8, 4) is 0 Å². The maximum atomic E-state index is 2.92. The fourth-order valence-corrected chi connectivity index (χ4v) is 27.9. The van der Waals surface area contributed by atoms with Gasteiger partial charge in [0.05, 0.1) is 0 Å². The number of hydrogen-bond donors (Lipinski definition) is 0. The molecule has 0 bridgehead atoms. The molecule has 0 fully saturated rings. The minimum absolute atomic E-state index is 0.570. The number of hydrogen-bond acceptors (Lipinski definition) is 4. The Hall–Kier alpha value is 0.710. The van der Waals surface area contributed by atoms with E-state index < -0.39 is 21.1 Å². The van der Waals surface area contributed by atoms with Crippen molar-refractivity contribution in [2.75, 3.05) is 26.2 Å². The van der Waals surface area contributed by atoms with Crippen LogP contribution in [-0.4, -0.2) is 61.9 Å². The van der Waals surface area contributed by atoms with Crippen molar-refractivity contribution in [3.63, 3.8) is 0 Å². The van der Waals surface area contributed by atoms with E-state index in [0.717, 1.165) is 26.2 Å². The van der Waals surface area contributed by atoms with Gasteiger partial charge in [0.1, 0.15) is 0 Å². The summed E-state index contributed by atoms with van der Waals surface area (Å²) in [6, 6.07) is 2.28. The van der Waals surface area contributed by atoms with Gasteiger partial charge in [-0.1, -0.05) is 0 Å². The fraction of sp³-hybridized carbons (Fsp3) is 1.00. The predicted octanol–water partition coefficient (Wildman–Crippen LogP) is 4.72. The van der Waals surface area contributed by atoms with Gasteiger partial charge in [0.15, 0.2) is 0 Å². The molecule has 0 rings (SSSR count). The van der Waals surface area contributed by atoms with Crippen molar-refractivity contribution < 1.29 is 21.1 Å². The number of rotatable bonds is 12. The molecule has 0 unspecified atom stereocenters. The molecular weight excluding hydrogens is 475 g/mol. The summed E-state index contributed by atoms with van der Waals surface area (Å²) >= 11 is -3.45. The summed E-state index contributed by atoms with van der Waals surface area (Å²) in [6.45, 7) is 33.2. The molecule has 0 amide bonds. The molecule has 0 atom stereocenters. The average Bonchev–Trinajstić information content (AvgIpc) is 2.47. The Kier molecular flexibility index (Phi) is 11.9. The van der Waals surface area contributed by atoms with Crippen LogP contribution in [0.2, 0.25) is 0 Å². The standard InChI is InChI=1S/4C5H12N.Hf/c4*1-4-6-5(2)3;/h4*5H,4H2,1-3H3;/q4*-1;+4. The van der Waals surface area contributed by atoms with Crippen LogP contribution in [0.5, 0.6) is 0 Å². The summed E-state index contributed by atoms with van der Waals surface area (Å²) in [6.07, 6.45) is 0. The minimum atomic E-state index is -3.45. The molecule has 0 radical (unpaired) electrons. The van der Waals surface area contributed by atoms with E-state index in [1.165, 1.54) is 0 Å². The first-order valence-corrected chi connectivity index (χ1v) is 17.1. The van der Waals surface area contributed by atoms with Crippen molar-refractivity contribution in [1.82, 2.24) is 11.6 Å². The van der Waals surface area contributed by atoms with E-state index >= 15 is 0 Å². The van der Waals surface area contributed by atoms with Gasteiger partial charge in [0, 0.05) is 0 Å². The van der Waals surface area contributed by atoms with E-state index in [-0.39, 0.29) is 0 Å². The summed E-state index contributed by atoms with van der Waals surface area (Å²) in [4.78, 5) is 0. The van der Waals surface area contributed by atoms with E-state index in [1.54, 1.807) is 0 Å². The van der Waals surface area contributed by atoms with Crippen LogP contribution in [0.1, 0.15) is 83.1 Å². The number of nitrogens with zero attached hydrogens (tertiary/aromatic N) is 4. The molecule has 152 valence electrons. The summed E-state index contributed by atoms with van der Waals surface area (Å²) < 4.78 is 11.7. The van der Waals surface area contributed by atoms with Gasteiger partial charge in [-0.25, -0.2) is 0 Å². The molecule has 0 aromatic rings. The normalized spacial score (nSPS) is 13.9. The molecule has 0 aliphatic heterocycles. The molecule has 25 heavy (non-hydrogen) atoms. The summed E-state index contributed by atoms with van der Waals surface area (Å²) in [5.74, 6) is 0. The first-order chi connectivity index (χ1) is 11.6. The maximum absolute atomic E-state index is 3.45. The van der Waals surface area contributed by atoms with Crippen molar-refractivity contribution in [2.45, 2.75) is 107 Å². The van der Waals surface area contributed by atoms with Crippen LogP contribution < -0.4 is 0 Å². The Morgan fingerprint density at radius 2 is 0.600 bits per heavy atom. The molecule has 0 aliphatic carbocycles. The fourth-order valence-electron chi connectivity index (χ4n) is 4.68. The Morgan fingerprint density at radius 3 is 0.680 bits per heavy atom. The molecule has 0 saturated carbocycles. The van der Waals surface area contributed by atoms with E-state index in [2.05, 4.69) is 94.6 Å². The topological polar surface area (TPSA) is 13.0 Å². The summed E-state index contributed by atoms with van der Waals surface area (Å²) in [5, 5.41) is 0. The summed E-state index contributed by atoms with van der Waals surface area (Å²) in [5.41, 5.74) is 0. The van der Waals surface area contributed by atoms with Gasteiger partial charge in [0.25, 0.3) is 0 Å². The van der Waals surface area contributed by atoms with Gasteiger partial charge >= 0.3 is 166 Å². The molecule has 0 heterocycles. The molecule has 0 aliphatic rings. The van der Waals surface area contributed by atoms with Crippen molar-refractivity contribution in [1.29, 1.82) is 0 Å². The molecule has 0 N–H and O–H groups in total. The Labute approximate surface area is 165 Å². The van der Waals surface area contributed by atoms with Gasteiger partial charge < -0.3 is 0 Å². The van der Waals surface area contributed by atoms with Crippen LogP contribution in [0.3, 0.4) is 0 Å². The second-order valence-electron chi connectivity index (χ2n) is 8.12. The van der Waals surface area contributed by atoms with Crippen LogP contribution in [0.15, 0.2) is 0 Å². The third kappa shape index (κ3) is 5.37. The van der Waals surface area contributed by atoms with Crippen molar-refractivity contribution >= 4 is 0 Å². The molecule has 5 heteroatoms. The second-order valence-corrected chi connectivity index (χ2v) is 20.7. The van der Waals surface area contributed by atoms with Crippen molar-refractivity contribution in [3.05, 3.63) is 0 Å². The van der Waals surface area contributed by atoms with Gasteiger partial charge in [-0.3, -0.25) is 0 Å². The zero-order valence-corrected chi connectivity index (χ0v) is 23.0. The summed E-state index contributed by atoms with van der Waals surface area (Å²) in [7, 11) is 0. The van der Waals surface area contributed by atoms with E-state index in [9.17, 15) is 0 Å². The van der Waals surface area contributed by atoms with Gasteiger partial charge in [0.2, 0.25) is 0 Å². The Bertz CT molecular complexity index is 288. The average molecular weight is 523 g/mol. The van der Waals surface area contributed by atoms with E-state index in [4.69, 9.17) is 0 Å². The Balaban J connectivity index is 6.89. The molecule has 0 spiro atoms.